The van der Waals surface area contributed by atoms with E-state index in [0.29, 0.717) is 42.0 Å². The number of nitrogens with zero attached hydrogens (tertiary/aromatic N) is 2. The molecule has 0 spiro atoms. The number of morpholine rings is 1. The van der Waals surface area contributed by atoms with E-state index in [-0.39, 0.29) is 24.8 Å². The van der Waals surface area contributed by atoms with Crippen molar-refractivity contribution < 1.29 is 14.3 Å². The summed E-state index contributed by atoms with van der Waals surface area (Å²) in [4.78, 5) is 27.3. The fourth-order valence-electron chi connectivity index (χ4n) is 2.33. The van der Waals surface area contributed by atoms with Crippen molar-refractivity contribution in [1.29, 1.82) is 0 Å². The first-order valence-corrected chi connectivity index (χ1v) is 7.83. The topological polar surface area (TPSA) is 49.9 Å². The van der Waals surface area contributed by atoms with Gasteiger partial charge in [-0.1, -0.05) is 23.2 Å². The van der Waals surface area contributed by atoms with Crippen LogP contribution in [0.25, 0.3) is 0 Å². The number of amides is 2. The average Bonchev–Trinajstić information content (AvgIpc) is 2.49. The van der Waals surface area contributed by atoms with Crippen LogP contribution >= 0.6 is 23.2 Å². The van der Waals surface area contributed by atoms with E-state index in [9.17, 15) is 9.59 Å². The van der Waals surface area contributed by atoms with E-state index in [2.05, 4.69) is 0 Å². The van der Waals surface area contributed by atoms with Crippen LogP contribution in [-0.4, -0.2) is 49.6 Å². The summed E-state index contributed by atoms with van der Waals surface area (Å²) in [6, 6.07) is 4.94. The van der Waals surface area contributed by atoms with Gasteiger partial charge in [0.1, 0.15) is 0 Å². The third-order valence-electron chi connectivity index (χ3n) is 3.49. The molecule has 1 aromatic carbocycles. The van der Waals surface area contributed by atoms with Crippen molar-refractivity contribution in [2.75, 3.05) is 37.7 Å². The van der Waals surface area contributed by atoms with Gasteiger partial charge in [0.15, 0.2) is 0 Å². The number of ether oxygens (including phenoxy) is 1. The van der Waals surface area contributed by atoms with Gasteiger partial charge in [-0.2, -0.15) is 0 Å². The van der Waals surface area contributed by atoms with Crippen molar-refractivity contribution in [2.45, 2.75) is 13.3 Å². The Morgan fingerprint density at radius 2 is 1.95 bits per heavy atom. The molecular weight excluding hydrogens is 327 g/mol. The zero-order valence-corrected chi connectivity index (χ0v) is 13.9. The van der Waals surface area contributed by atoms with Crippen molar-refractivity contribution in [2.24, 2.45) is 0 Å². The van der Waals surface area contributed by atoms with Gasteiger partial charge in [-0.25, -0.2) is 0 Å². The minimum Gasteiger partial charge on any atom is -0.378 e. The van der Waals surface area contributed by atoms with E-state index < -0.39 is 0 Å². The molecule has 1 aliphatic heterocycles. The summed E-state index contributed by atoms with van der Waals surface area (Å²) in [5.41, 5.74) is 0.563. The third-order valence-corrected chi connectivity index (χ3v) is 4.03. The molecule has 0 bridgehead atoms. The van der Waals surface area contributed by atoms with Gasteiger partial charge in [-0.3, -0.25) is 9.59 Å². The van der Waals surface area contributed by atoms with E-state index in [1.54, 1.807) is 23.1 Å². The van der Waals surface area contributed by atoms with Crippen LogP contribution < -0.4 is 4.90 Å². The monoisotopic (exact) mass is 344 g/mol. The normalized spacial score (nSPS) is 14.8. The molecule has 1 aliphatic rings. The standard InChI is InChI=1S/C15H18Cl2N2O3/c1-11(20)19(14-3-2-12(16)10-13(14)17)5-4-15(21)18-6-8-22-9-7-18/h2-3,10H,4-9H2,1H3. The van der Waals surface area contributed by atoms with Gasteiger partial charge < -0.3 is 14.5 Å². The lowest BCUT2D eigenvalue weighted by atomic mass is 10.2. The van der Waals surface area contributed by atoms with Crippen molar-refractivity contribution >= 4 is 40.7 Å². The van der Waals surface area contributed by atoms with Gasteiger partial charge in [0.05, 0.1) is 23.9 Å². The molecule has 0 N–H and O–H groups in total. The summed E-state index contributed by atoms with van der Waals surface area (Å²) in [7, 11) is 0. The minimum absolute atomic E-state index is 0.0136. The minimum atomic E-state index is -0.168. The molecule has 0 aromatic heterocycles. The highest BCUT2D eigenvalue weighted by Crippen LogP contribution is 2.29. The molecule has 120 valence electrons. The molecular formula is C15H18Cl2N2O3. The Kier molecular flexibility index (Phi) is 6.06. The highest BCUT2D eigenvalue weighted by molar-refractivity contribution is 6.36. The summed E-state index contributed by atoms with van der Waals surface area (Å²) < 4.78 is 5.22. The fraction of sp³-hybridized carbons (Fsp3) is 0.467. The highest BCUT2D eigenvalue weighted by atomic mass is 35.5. The van der Waals surface area contributed by atoms with Crippen LogP contribution in [0.5, 0.6) is 0 Å². The first-order chi connectivity index (χ1) is 10.5. The molecule has 1 heterocycles. The van der Waals surface area contributed by atoms with Crippen LogP contribution in [-0.2, 0) is 14.3 Å². The maximum atomic E-state index is 12.2. The molecule has 5 nitrogen and oxygen atoms in total. The van der Waals surface area contributed by atoms with Crippen LogP contribution in [0.1, 0.15) is 13.3 Å². The number of carbonyl (C=O) groups is 2. The molecule has 1 aromatic rings. The number of anilines is 1. The summed E-state index contributed by atoms with van der Waals surface area (Å²) in [5, 5.41) is 0.892. The number of hydrogen-bond acceptors (Lipinski definition) is 3. The van der Waals surface area contributed by atoms with E-state index in [1.807, 2.05) is 0 Å². The Labute approximate surface area is 139 Å². The maximum absolute atomic E-state index is 12.2. The van der Waals surface area contributed by atoms with Gasteiger partial charge in [-0.15, -0.1) is 0 Å². The number of hydrogen-bond donors (Lipinski definition) is 0. The largest absolute Gasteiger partial charge is 0.378 e. The molecule has 0 unspecified atom stereocenters. The van der Waals surface area contributed by atoms with Gasteiger partial charge >= 0.3 is 0 Å². The van der Waals surface area contributed by atoms with E-state index in [0.717, 1.165) is 0 Å². The predicted octanol–water partition coefficient (Wildman–Crippen LogP) is 2.60. The van der Waals surface area contributed by atoms with Crippen molar-refractivity contribution in [1.82, 2.24) is 4.90 Å². The second-order valence-electron chi connectivity index (χ2n) is 5.01. The molecule has 1 saturated heterocycles. The first-order valence-electron chi connectivity index (χ1n) is 7.07. The first kappa shape index (κ1) is 17.1. The Bertz CT molecular complexity index is 560. The molecule has 0 atom stereocenters. The van der Waals surface area contributed by atoms with E-state index in [1.165, 1.54) is 11.8 Å². The molecule has 2 amide bonds. The maximum Gasteiger partial charge on any atom is 0.224 e. The Hall–Kier alpha value is -1.30. The average molecular weight is 345 g/mol. The van der Waals surface area contributed by atoms with Crippen LogP contribution in [0.15, 0.2) is 18.2 Å². The van der Waals surface area contributed by atoms with Crippen LogP contribution in [0.3, 0.4) is 0 Å². The van der Waals surface area contributed by atoms with Gasteiger partial charge in [0, 0.05) is 38.0 Å². The van der Waals surface area contributed by atoms with Gasteiger partial charge in [0.2, 0.25) is 11.8 Å². The lowest BCUT2D eigenvalue weighted by Gasteiger charge is -2.28. The number of benzene rings is 1. The molecule has 2 rings (SSSR count). The van der Waals surface area contributed by atoms with E-state index >= 15 is 0 Å². The second-order valence-corrected chi connectivity index (χ2v) is 5.85. The van der Waals surface area contributed by atoms with Crippen molar-refractivity contribution in [3.8, 4) is 0 Å². The van der Waals surface area contributed by atoms with Gasteiger partial charge in [-0.05, 0) is 18.2 Å². The highest BCUT2D eigenvalue weighted by Gasteiger charge is 2.20. The molecule has 0 saturated carbocycles. The Morgan fingerprint density at radius 1 is 1.27 bits per heavy atom. The smallest absolute Gasteiger partial charge is 0.224 e. The number of carbonyl (C=O) groups excluding carboxylic acids is 2. The zero-order valence-electron chi connectivity index (χ0n) is 12.3. The second kappa shape index (κ2) is 7.81. The van der Waals surface area contributed by atoms with Crippen LogP contribution in [0.2, 0.25) is 10.0 Å². The SMILES string of the molecule is CC(=O)N(CCC(=O)N1CCOCC1)c1ccc(Cl)cc1Cl. The van der Waals surface area contributed by atoms with Crippen LogP contribution in [0, 0.1) is 0 Å². The molecule has 0 aliphatic carbocycles. The Morgan fingerprint density at radius 3 is 2.55 bits per heavy atom. The number of halogens is 2. The predicted molar refractivity (Wildman–Crippen MR) is 86.5 cm³/mol. The summed E-state index contributed by atoms with van der Waals surface area (Å²) >= 11 is 12.0. The molecule has 22 heavy (non-hydrogen) atoms. The lowest BCUT2D eigenvalue weighted by molar-refractivity contribution is -0.135. The lowest BCUT2D eigenvalue weighted by Crippen LogP contribution is -2.42. The van der Waals surface area contributed by atoms with E-state index in [4.69, 9.17) is 27.9 Å². The third kappa shape index (κ3) is 4.35. The van der Waals surface area contributed by atoms with Crippen molar-refractivity contribution in [3.63, 3.8) is 0 Å². The summed E-state index contributed by atoms with van der Waals surface area (Å²) in [5.74, 6) is -0.154. The molecule has 7 heteroatoms. The van der Waals surface area contributed by atoms with Gasteiger partial charge in [0.25, 0.3) is 0 Å². The Balaban J connectivity index is 2.02. The number of rotatable bonds is 4. The molecule has 1 fully saturated rings. The molecule has 0 radical (unpaired) electrons. The summed E-state index contributed by atoms with van der Waals surface area (Å²) in [6.07, 6.45) is 0.249. The zero-order chi connectivity index (χ0) is 16.1. The fourth-order valence-corrected chi connectivity index (χ4v) is 2.84. The van der Waals surface area contributed by atoms with Crippen molar-refractivity contribution in [3.05, 3.63) is 28.2 Å². The quantitative estimate of drug-likeness (QED) is 0.843. The summed E-state index contributed by atoms with van der Waals surface area (Å²) in [6.45, 7) is 4.05. The van der Waals surface area contributed by atoms with Crippen LogP contribution in [0.4, 0.5) is 5.69 Å².